The topological polar surface area (TPSA) is 121 Å². The van der Waals surface area contributed by atoms with Gasteiger partial charge in [-0.25, -0.2) is 9.67 Å². The number of carbonyl (C=O) groups is 2. The summed E-state index contributed by atoms with van der Waals surface area (Å²) in [5, 5.41) is 10.3. The van der Waals surface area contributed by atoms with Crippen LogP contribution in [0.1, 0.15) is 18.6 Å². The van der Waals surface area contributed by atoms with Gasteiger partial charge in [0.05, 0.1) is 17.2 Å². The molecule has 0 bridgehead atoms. The minimum atomic E-state index is -0.228. The van der Waals surface area contributed by atoms with Gasteiger partial charge in [-0.15, -0.1) is 5.10 Å². The summed E-state index contributed by atoms with van der Waals surface area (Å²) in [6.45, 7) is 3.53. The van der Waals surface area contributed by atoms with Gasteiger partial charge >= 0.3 is 0 Å². The third kappa shape index (κ3) is 3.09. The Kier molecular flexibility index (Phi) is 3.98. The van der Waals surface area contributed by atoms with Crippen molar-refractivity contribution in [2.45, 2.75) is 20.4 Å². The average Bonchev–Trinajstić information content (AvgIpc) is 3.13. The summed E-state index contributed by atoms with van der Waals surface area (Å²) in [7, 11) is 0. The number of nitrogens with one attached hydrogen (secondary N) is 1. The number of nitrogens with two attached hydrogens (primary N) is 1. The summed E-state index contributed by atoms with van der Waals surface area (Å²) < 4.78 is 2.80. The van der Waals surface area contributed by atoms with Gasteiger partial charge in [-0.2, -0.15) is 0 Å². The fourth-order valence-electron chi connectivity index (χ4n) is 2.15. The maximum Gasteiger partial charge on any atom is 0.254 e. The highest BCUT2D eigenvalue weighted by molar-refractivity contribution is 5.92. The second-order valence-corrected chi connectivity index (χ2v) is 5.70. The van der Waals surface area contributed by atoms with Crippen LogP contribution >= 0.6 is 0 Å². The fraction of sp³-hybridized carbons (Fsp3) is 0.267. The first-order valence-corrected chi connectivity index (χ1v) is 7.41. The molecule has 2 aromatic heterocycles. The zero-order valence-corrected chi connectivity index (χ0v) is 13.3. The van der Waals surface area contributed by atoms with Gasteiger partial charge in [-0.05, 0) is 18.2 Å². The predicted molar refractivity (Wildman–Crippen MR) is 88.3 cm³/mol. The Labute approximate surface area is 137 Å². The second-order valence-electron chi connectivity index (χ2n) is 5.70. The van der Waals surface area contributed by atoms with Crippen LogP contribution in [0.4, 0.5) is 11.5 Å². The van der Waals surface area contributed by atoms with E-state index in [2.05, 4.69) is 20.6 Å². The van der Waals surface area contributed by atoms with E-state index in [0.717, 1.165) is 0 Å². The van der Waals surface area contributed by atoms with Gasteiger partial charge in [0.25, 0.3) is 5.91 Å². The molecule has 1 aromatic carbocycles. The lowest BCUT2D eigenvalue weighted by Gasteiger charge is -2.04. The summed E-state index contributed by atoms with van der Waals surface area (Å²) in [5.41, 5.74) is 7.60. The third-order valence-corrected chi connectivity index (χ3v) is 3.45. The standard InChI is InChI=1S/C15H17N7O2/c1-9(2)15(24)18-13-6-21(20-19-13)7-14(23)22-8-17-11-5-10(16)3-4-12(11)22/h3-6,8-9H,7,16H2,1-2H3,(H,18,24). The van der Waals surface area contributed by atoms with Gasteiger partial charge in [-0.3, -0.25) is 14.2 Å². The van der Waals surface area contributed by atoms with Crippen LogP contribution in [-0.4, -0.2) is 36.4 Å². The molecule has 9 nitrogen and oxygen atoms in total. The number of nitrogens with zero attached hydrogens (tertiary/aromatic N) is 5. The Morgan fingerprint density at radius 1 is 1.33 bits per heavy atom. The number of carbonyl (C=O) groups excluding carboxylic acids is 2. The largest absolute Gasteiger partial charge is 0.399 e. The van der Waals surface area contributed by atoms with E-state index >= 15 is 0 Å². The number of amides is 1. The zero-order valence-electron chi connectivity index (χ0n) is 13.3. The molecule has 0 aliphatic rings. The molecule has 2 heterocycles. The van der Waals surface area contributed by atoms with Crippen LogP contribution in [-0.2, 0) is 11.3 Å². The third-order valence-electron chi connectivity index (χ3n) is 3.45. The highest BCUT2D eigenvalue weighted by Crippen LogP contribution is 2.16. The number of anilines is 2. The molecule has 0 aliphatic heterocycles. The van der Waals surface area contributed by atoms with Crippen LogP contribution < -0.4 is 11.1 Å². The van der Waals surface area contributed by atoms with E-state index in [1.54, 1.807) is 32.0 Å². The summed E-state index contributed by atoms with van der Waals surface area (Å²) in [5.74, 6) is -0.244. The quantitative estimate of drug-likeness (QED) is 0.693. The SMILES string of the molecule is CC(C)C(=O)Nc1cn(CC(=O)n2cnc3cc(N)ccc32)nn1. The molecule has 1 amide bonds. The van der Waals surface area contributed by atoms with Crippen molar-refractivity contribution in [3.63, 3.8) is 0 Å². The highest BCUT2D eigenvalue weighted by atomic mass is 16.2. The average molecular weight is 327 g/mol. The Balaban J connectivity index is 1.75. The molecule has 3 rings (SSSR count). The Bertz CT molecular complexity index is 910. The Hall–Kier alpha value is -3.23. The molecular formula is C15H17N7O2. The molecule has 0 unspecified atom stereocenters. The van der Waals surface area contributed by atoms with E-state index in [1.165, 1.54) is 21.8 Å². The van der Waals surface area contributed by atoms with Crippen molar-refractivity contribution in [1.29, 1.82) is 0 Å². The maximum absolute atomic E-state index is 12.4. The van der Waals surface area contributed by atoms with Gasteiger partial charge < -0.3 is 11.1 Å². The van der Waals surface area contributed by atoms with Crippen LogP contribution in [0.3, 0.4) is 0 Å². The van der Waals surface area contributed by atoms with E-state index in [1.807, 2.05) is 0 Å². The molecule has 0 radical (unpaired) electrons. The molecule has 3 aromatic rings. The molecular weight excluding hydrogens is 310 g/mol. The summed E-state index contributed by atoms with van der Waals surface area (Å²) in [4.78, 5) is 28.2. The van der Waals surface area contributed by atoms with Gasteiger partial charge in [0.1, 0.15) is 12.9 Å². The molecule has 0 saturated heterocycles. The summed E-state index contributed by atoms with van der Waals surface area (Å²) in [6.07, 6.45) is 2.96. The summed E-state index contributed by atoms with van der Waals surface area (Å²) in [6, 6.07) is 5.15. The number of nitrogen functional groups attached to an aromatic ring is 1. The van der Waals surface area contributed by atoms with E-state index in [-0.39, 0.29) is 24.3 Å². The first-order chi connectivity index (χ1) is 11.4. The smallest absolute Gasteiger partial charge is 0.254 e. The van der Waals surface area contributed by atoms with E-state index in [4.69, 9.17) is 5.73 Å². The van der Waals surface area contributed by atoms with Crippen LogP contribution in [0.25, 0.3) is 11.0 Å². The van der Waals surface area contributed by atoms with Gasteiger partial charge in [-0.1, -0.05) is 19.1 Å². The minimum absolute atomic E-state index is 0.0274. The zero-order chi connectivity index (χ0) is 17.3. The monoisotopic (exact) mass is 327 g/mol. The van der Waals surface area contributed by atoms with E-state index in [9.17, 15) is 9.59 Å². The van der Waals surface area contributed by atoms with Gasteiger partial charge in [0.15, 0.2) is 5.82 Å². The Morgan fingerprint density at radius 2 is 2.12 bits per heavy atom. The lowest BCUT2D eigenvalue weighted by atomic mass is 10.2. The van der Waals surface area contributed by atoms with Crippen molar-refractivity contribution < 1.29 is 9.59 Å². The molecule has 0 spiro atoms. The molecule has 0 atom stereocenters. The predicted octanol–water partition coefficient (Wildman–Crippen LogP) is 1.14. The van der Waals surface area contributed by atoms with E-state index in [0.29, 0.717) is 22.5 Å². The van der Waals surface area contributed by atoms with Crippen molar-refractivity contribution >= 4 is 34.4 Å². The van der Waals surface area contributed by atoms with Crippen LogP contribution in [0, 0.1) is 5.92 Å². The molecule has 0 fully saturated rings. The number of aromatic nitrogens is 5. The molecule has 0 aliphatic carbocycles. The highest BCUT2D eigenvalue weighted by Gasteiger charge is 2.14. The number of hydrogen-bond donors (Lipinski definition) is 2. The van der Waals surface area contributed by atoms with Gasteiger partial charge in [0, 0.05) is 11.6 Å². The molecule has 3 N–H and O–H groups in total. The Morgan fingerprint density at radius 3 is 2.88 bits per heavy atom. The van der Waals surface area contributed by atoms with Crippen molar-refractivity contribution in [3.05, 3.63) is 30.7 Å². The second kappa shape index (κ2) is 6.11. The van der Waals surface area contributed by atoms with E-state index < -0.39 is 0 Å². The molecule has 9 heteroatoms. The number of imidazole rings is 1. The van der Waals surface area contributed by atoms with Crippen LogP contribution in [0.15, 0.2) is 30.7 Å². The first-order valence-electron chi connectivity index (χ1n) is 7.41. The molecule has 0 saturated carbocycles. The van der Waals surface area contributed by atoms with Crippen LogP contribution in [0.5, 0.6) is 0 Å². The number of rotatable bonds is 4. The lowest BCUT2D eigenvalue weighted by molar-refractivity contribution is -0.118. The fourth-order valence-corrected chi connectivity index (χ4v) is 2.15. The number of fused-ring (bicyclic) bond motifs is 1. The van der Waals surface area contributed by atoms with Crippen molar-refractivity contribution in [2.75, 3.05) is 11.1 Å². The molecule has 124 valence electrons. The van der Waals surface area contributed by atoms with Crippen molar-refractivity contribution in [2.24, 2.45) is 5.92 Å². The lowest BCUT2D eigenvalue weighted by Crippen LogP contribution is -2.18. The van der Waals surface area contributed by atoms with Crippen molar-refractivity contribution in [3.8, 4) is 0 Å². The minimum Gasteiger partial charge on any atom is -0.399 e. The van der Waals surface area contributed by atoms with Crippen LogP contribution in [0.2, 0.25) is 0 Å². The maximum atomic E-state index is 12.4. The van der Waals surface area contributed by atoms with Crippen molar-refractivity contribution in [1.82, 2.24) is 24.5 Å². The number of benzene rings is 1. The number of hydrogen-bond acceptors (Lipinski definition) is 6. The van der Waals surface area contributed by atoms with Gasteiger partial charge in [0.2, 0.25) is 5.91 Å². The molecule has 24 heavy (non-hydrogen) atoms. The summed E-state index contributed by atoms with van der Waals surface area (Å²) >= 11 is 0. The normalized spacial score (nSPS) is 11.1. The first kappa shape index (κ1) is 15.7.